The molecule has 1 N–H and O–H groups in total. The third-order valence-electron chi connectivity index (χ3n) is 2.24. The van der Waals surface area contributed by atoms with Crippen LogP contribution in [0.3, 0.4) is 0 Å². The molecule has 6 heteroatoms. The van der Waals surface area contributed by atoms with E-state index in [0.717, 1.165) is 19.4 Å². The molecule has 3 nitrogen and oxygen atoms in total. The largest absolute Gasteiger partial charge is 0.359 e. The second-order valence-corrected chi connectivity index (χ2v) is 5.19. The SMILES string of the molecule is CCCCCCCCNC=O.Clc1csnc1Cl. The zero-order chi connectivity index (χ0) is 13.6. The Bertz CT molecular complexity index is 292. The van der Waals surface area contributed by atoms with Crippen molar-refractivity contribution in [3.05, 3.63) is 15.6 Å². The van der Waals surface area contributed by atoms with Crippen molar-refractivity contribution < 1.29 is 4.79 Å². The Kier molecular flexibility index (Phi) is 12.9. The van der Waals surface area contributed by atoms with Crippen LogP contribution in [0.15, 0.2) is 5.38 Å². The zero-order valence-electron chi connectivity index (χ0n) is 10.6. The molecular formula is C12H20Cl2N2OS. The predicted octanol–water partition coefficient (Wildman–Crippen LogP) is 4.54. The van der Waals surface area contributed by atoms with Gasteiger partial charge in [0.15, 0.2) is 5.15 Å². The summed E-state index contributed by atoms with van der Waals surface area (Å²) >= 11 is 12.1. The summed E-state index contributed by atoms with van der Waals surface area (Å²) in [6.45, 7) is 3.06. The van der Waals surface area contributed by atoms with Gasteiger partial charge in [-0.25, -0.2) is 0 Å². The van der Waals surface area contributed by atoms with Crippen LogP contribution in [0.25, 0.3) is 0 Å². The number of carbonyl (C=O) groups is 1. The summed E-state index contributed by atoms with van der Waals surface area (Å²) in [5, 5.41) is 5.27. The first-order chi connectivity index (χ1) is 8.72. The molecule has 104 valence electrons. The minimum absolute atomic E-state index is 0.395. The Labute approximate surface area is 123 Å². The topological polar surface area (TPSA) is 42.0 Å². The van der Waals surface area contributed by atoms with Gasteiger partial charge in [0.25, 0.3) is 0 Å². The number of nitrogens with zero attached hydrogens (tertiary/aromatic N) is 1. The minimum atomic E-state index is 0.395. The van der Waals surface area contributed by atoms with Gasteiger partial charge in [0, 0.05) is 11.9 Å². The third-order valence-corrected chi connectivity index (χ3v) is 3.78. The predicted molar refractivity (Wildman–Crippen MR) is 79.6 cm³/mol. The number of carbonyl (C=O) groups excluding carboxylic acids is 1. The van der Waals surface area contributed by atoms with Crippen molar-refractivity contribution in [2.75, 3.05) is 6.54 Å². The van der Waals surface area contributed by atoms with Crippen molar-refractivity contribution in [1.29, 1.82) is 0 Å². The number of amides is 1. The maximum atomic E-state index is 9.83. The Morgan fingerprint density at radius 3 is 2.39 bits per heavy atom. The third kappa shape index (κ3) is 10.8. The van der Waals surface area contributed by atoms with Crippen LogP contribution in [0, 0.1) is 0 Å². The highest BCUT2D eigenvalue weighted by atomic mass is 35.5. The van der Waals surface area contributed by atoms with Crippen molar-refractivity contribution >= 4 is 41.1 Å². The molecule has 0 aromatic carbocycles. The molecule has 0 saturated carbocycles. The van der Waals surface area contributed by atoms with Crippen LogP contribution in [0.4, 0.5) is 0 Å². The quantitative estimate of drug-likeness (QED) is 0.565. The molecule has 1 amide bonds. The first-order valence-electron chi connectivity index (χ1n) is 6.14. The Morgan fingerprint density at radius 1 is 1.28 bits per heavy atom. The molecule has 18 heavy (non-hydrogen) atoms. The second kappa shape index (κ2) is 13.1. The summed E-state index contributed by atoms with van der Waals surface area (Å²) in [5.41, 5.74) is 0. The fourth-order valence-corrected chi connectivity index (χ4v) is 2.18. The molecule has 0 aliphatic rings. The number of hydrogen-bond donors (Lipinski definition) is 1. The number of rotatable bonds is 8. The summed E-state index contributed by atoms with van der Waals surface area (Å²) in [7, 11) is 0. The maximum Gasteiger partial charge on any atom is 0.207 e. The van der Waals surface area contributed by atoms with Gasteiger partial charge in [-0.3, -0.25) is 4.79 Å². The van der Waals surface area contributed by atoms with Crippen LogP contribution in [0.5, 0.6) is 0 Å². The summed E-state index contributed by atoms with van der Waals surface area (Å²) in [6.07, 6.45) is 8.45. The lowest BCUT2D eigenvalue weighted by Gasteiger charge is -1.98. The molecule has 0 fully saturated rings. The highest BCUT2D eigenvalue weighted by Gasteiger charge is 1.94. The standard InChI is InChI=1S/C9H19NO.C3HCl2NS/c1-2-3-4-5-6-7-8-10-9-11;4-2-1-7-6-3(2)5/h9H,2-8H2,1H3,(H,10,11);1H. The molecule has 0 spiro atoms. The Morgan fingerprint density at radius 2 is 1.94 bits per heavy atom. The molecule has 0 atom stereocenters. The van der Waals surface area contributed by atoms with Crippen LogP contribution in [0.1, 0.15) is 45.4 Å². The Hall–Kier alpha value is -0.320. The molecule has 0 aliphatic carbocycles. The average molecular weight is 311 g/mol. The maximum absolute atomic E-state index is 9.83. The van der Waals surface area contributed by atoms with E-state index >= 15 is 0 Å². The van der Waals surface area contributed by atoms with Gasteiger partial charge >= 0.3 is 0 Å². The number of nitrogens with one attached hydrogen (secondary N) is 1. The number of halogens is 2. The highest BCUT2D eigenvalue weighted by molar-refractivity contribution is 7.04. The minimum Gasteiger partial charge on any atom is -0.359 e. The van der Waals surface area contributed by atoms with Gasteiger partial charge in [-0.1, -0.05) is 62.2 Å². The molecule has 0 aliphatic heterocycles. The first kappa shape index (κ1) is 17.7. The lowest BCUT2D eigenvalue weighted by molar-refractivity contribution is -0.109. The number of unbranched alkanes of at least 4 members (excludes halogenated alkanes) is 5. The van der Waals surface area contributed by atoms with Crippen LogP contribution >= 0.6 is 34.7 Å². The molecule has 1 aromatic rings. The summed E-state index contributed by atoms with van der Waals surface area (Å²) in [5.74, 6) is 0. The van der Waals surface area contributed by atoms with Crippen molar-refractivity contribution in [2.45, 2.75) is 45.4 Å². The van der Waals surface area contributed by atoms with E-state index in [1.807, 2.05) is 0 Å². The van der Waals surface area contributed by atoms with Gasteiger partial charge < -0.3 is 5.32 Å². The molecule has 0 bridgehead atoms. The Balaban J connectivity index is 0.000000351. The summed E-state index contributed by atoms with van der Waals surface area (Å²) in [4.78, 5) is 9.83. The molecule has 0 unspecified atom stereocenters. The smallest absolute Gasteiger partial charge is 0.207 e. The molecule has 1 rings (SSSR count). The lowest BCUT2D eigenvalue weighted by Crippen LogP contribution is -2.11. The fourth-order valence-electron chi connectivity index (χ4n) is 1.28. The van der Waals surface area contributed by atoms with Crippen molar-refractivity contribution in [3.8, 4) is 0 Å². The van der Waals surface area contributed by atoms with Gasteiger partial charge in [0.05, 0.1) is 5.02 Å². The zero-order valence-corrected chi connectivity index (χ0v) is 13.0. The number of aromatic nitrogens is 1. The first-order valence-corrected chi connectivity index (χ1v) is 7.74. The van der Waals surface area contributed by atoms with Gasteiger partial charge in [-0.05, 0) is 18.0 Å². The fraction of sp³-hybridized carbons (Fsp3) is 0.667. The molecular weight excluding hydrogens is 291 g/mol. The van der Waals surface area contributed by atoms with Crippen LogP contribution in [-0.4, -0.2) is 17.3 Å². The van der Waals surface area contributed by atoms with E-state index < -0.39 is 0 Å². The van der Waals surface area contributed by atoms with Crippen LogP contribution in [0.2, 0.25) is 10.2 Å². The van der Waals surface area contributed by atoms with Crippen molar-refractivity contribution in [2.24, 2.45) is 0 Å². The van der Waals surface area contributed by atoms with Crippen molar-refractivity contribution in [3.63, 3.8) is 0 Å². The number of hydrogen-bond acceptors (Lipinski definition) is 3. The van der Waals surface area contributed by atoms with Gasteiger partial charge in [0.1, 0.15) is 0 Å². The summed E-state index contributed by atoms with van der Waals surface area (Å²) < 4.78 is 3.69. The molecule has 1 heterocycles. The summed E-state index contributed by atoms with van der Waals surface area (Å²) in [6, 6.07) is 0. The van der Waals surface area contributed by atoms with Crippen LogP contribution in [-0.2, 0) is 4.79 Å². The normalized spacial score (nSPS) is 9.50. The van der Waals surface area contributed by atoms with E-state index in [9.17, 15) is 4.79 Å². The van der Waals surface area contributed by atoms with E-state index in [1.54, 1.807) is 5.38 Å². The van der Waals surface area contributed by atoms with E-state index in [4.69, 9.17) is 23.2 Å². The van der Waals surface area contributed by atoms with E-state index in [2.05, 4.69) is 16.6 Å². The highest BCUT2D eigenvalue weighted by Crippen LogP contribution is 2.20. The second-order valence-electron chi connectivity index (χ2n) is 3.79. The van der Waals surface area contributed by atoms with Gasteiger partial charge in [-0.15, -0.1) is 0 Å². The van der Waals surface area contributed by atoms with E-state index in [-0.39, 0.29) is 0 Å². The average Bonchev–Trinajstić information content (AvgIpc) is 2.74. The molecule has 1 aromatic heterocycles. The van der Waals surface area contributed by atoms with E-state index in [1.165, 1.54) is 43.6 Å². The van der Waals surface area contributed by atoms with Crippen LogP contribution < -0.4 is 5.32 Å². The van der Waals surface area contributed by atoms with Gasteiger partial charge in [0.2, 0.25) is 6.41 Å². The molecule has 0 saturated heterocycles. The van der Waals surface area contributed by atoms with Gasteiger partial charge in [-0.2, -0.15) is 4.37 Å². The lowest BCUT2D eigenvalue weighted by atomic mass is 10.1. The van der Waals surface area contributed by atoms with Crippen molar-refractivity contribution in [1.82, 2.24) is 9.69 Å². The van der Waals surface area contributed by atoms with E-state index in [0.29, 0.717) is 10.2 Å². The monoisotopic (exact) mass is 310 g/mol. The molecule has 0 radical (unpaired) electrons.